The SMILES string of the molecule is [Zr]=[CH]CC(C1C=Cc2ccccc21)C1C=Cc2ccccc21. The first-order chi connectivity index (χ1) is 10.9. The van der Waals surface area contributed by atoms with E-state index in [-0.39, 0.29) is 0 Å². The first-order valence-corrected chi connectivity index (χ1v) is 9.33. The summed E-state index contributed by atoms with van der Waals surface area (Å²) in [5.41, 5.74) is 5.81. The molecule has 0 N–H and O–H groups in total. The van der Waals surface area contributed by atoms with Crippen molar-refractivity contribution in [3.8, 4) is 0 Å². The molecular weight excluding hydrogens is 343 g/mol. The Balaban J connectivity index is 1.73. The van der Waals surface area contributed by atoms with E-state index in [1.165, 1.54) is 52.9 Å². The fourth-order valence-corrected chi connectivity index (χ4v) is 4.62. The Kier molecular flexibility index (Phi) is 3.93. The molecule has 0 amide bonds. The first kappa shape index (κ1) is 14.3. The molecule has 2 aliphatic carbocycles. The summed E-state index contributed by atoms with van der Waals surface area (Å²) in [6.45, 7) is 0. The molecule has 0 saturated heterocycles. The van der Waals surface area contributed by atoms with Crippen LogP contribution in [-0.2, 0) is 24.2 Å². The molecule has 0 saturated carbocycles. The van der Waals surface area contributed by atoms with Crippen LogP contribution >= 0.6 is 0 Å². The number of hydrogen-bond acceptors (Lipinski definition) is 0. The van der Waals surface area contributed by atoms with Crippen molar-refractivity contribution in [2.24, 2.45) is 5.92 Å². The topological polar surface area (TPSA) is 0 Å². The Morgan fingerprint density at radius 1 is 0.818 bits per heavy atom. The predicted molar refractivity (Wildman–Crippen MR) is 90.6 cm³/mol. The van der Waals surface area contributed by atoms with Crippen molar-refractivity contribution in [2.45, 2.75) is 18.3 Å². The third-order valence-electron chi connectivity index (χ3n) is 4.99. The molecule has 22 heavy (non-hydrogen) atoms. The molecule has 0 aliphatic heterocycles. The predicted octanol–water partition coefficient (Wildman–Crippen LogP) is 4.96. The molecule has 0 heterocycles. The van der Waals surface area contributed by atoms with Crippen LogP contribution in [0.1, 0.15) is 40.5 Å². The second-order valence-electron chi connectivity index (χ2n) is 6.13. The van der Waals surface area contributed by atoms with Gasteiger partial charge in [-0.15, -0.1) is 0 Å². The minimum absolute atomic E-state index is 0.536. The van der Waals surface area contributed by atoms with Gasteiger partial charge in [-0.05, 0) is 0 Å². The van der Waals surface area contributed by atoms with E-state index in [1.54, 1.807) is 0 Å². The zero-order valence-electron chi connectivity index (χ0n) is 12.4. The molecule has 2 aromatic rings. The van der Waals surface area contributed by atoms with Crippen LogP contribution in [0.5, 0.6) is 0 Å². The summed E-state index contributed by atoms with van der Waals surface area (Å²) >= 11 is 1.53. The summed E-state index contributed by atoms with van der Waals surface area (Å²) in [7, 11) is 0. The van der Waals surface area contributed by atoms with Crippen molar-refractivity contribution in [3.05, 3.63) is 82.9 Å². The quantitative estimate of drug-likeness (QED) is 0.722. The van der Waals surface area contributed by atoms with Gasteiger partial charge in [0.25, 0.3) is 0 Å². The molecular formula is C21H18Zr. The van der Waals surface area contributed by atoms with E-state index in [4.69, 9.17) is 0 Å². The first-order valence-electron chi connectivity index (χ1n) is 7.91. The Morgan fingerprint density at radius 3 is 1.82 bits per heavy atom. The van der Waals surface area contributed by atoms with E-state index in [0.717, 1.165) is 0 Å². The van der Waals surface area contributed by atoms with Gasteiger partial charge in [-0.2, -0.15) is 0 Å². The molecule has 2 unspecified atom stereocenters. The molecule has 1 heteroatoms. The Labute approximate surface area is 146 Å². The number of rotatable bonds is 4. The van der Waals surface area contributed by atoms with E-state index < -0.39 is 0 Å². The maximum atomic E-state index is 2.42. The number of allylic oxidation sites excluding steroid dienone is 2. The van der Waals surface area contributed by atoms with Gasteiger partial charge in [0.15, 0.2) is 0 Å². The van der Waals surface area contributed by atoms with Crippen molar-refractivity contribution in [1.29, 1.82) is 0 Å². The van der Waals surface area contributed by atoms with Crippen LogP contribution in [0.4, 0.5) is 0 Å². The van der Waals surface area contributed by atoms with Crippen LogP contribution < -0.4 is 0 Å². The molecule has 0 nitrogen and oxygen atoms in total. The standard InChI is InChI=1S/C21H18.Zr/c1-2-17(20-13-11-15-7-3-5-9-18(15)20)21-14-12-16-8-4-6-10-19(16)21;/h1,3-14,17,20-21H,2H2;. The second-order valence-corrected chi connectivity index (χ2v) is 7.13. The molecule has 2 atom stereocenters. The molecule has 106 valence electrons. The summed E-state index contributed by atoms with van der Waals surface area (Å²) < 4.78 is 2.42. The van der Waals surface area contributed by atoms with Crippen LogP contribution in [-0.4, -0.2) is 3.71 Å². The van der Waals surface area contributed by atoms with Crippen LogP contribution in [0.3, 0.4) is 0 Å². The number of fused-ring (bicyclic) bond motifs is 2. The van der Waals surface area contributed by atoms with E-state index >= 15 is 0 Å². The maximum absolute atomic E-state index is 2.42. The summed E-state index contributed by atoms with van der Waals surface area (Å²) in [5.74, 6) is 1.70. The number of hydrogen-bond donors (Lipinski definition) is 0. The van der Waals surface area contributed by atoms with E-state index in [2.05, 4.69) is 76.5 Å². The summed E-state index contributed by atoms with van der Waals surface area (Å²) in [4.78, 5) is 0. The van der Waals surface area contributed by atoms with E-state index in [9.17, 15) is 0 Å². The van der Waals surface area contributed by atoms with Crippen molar-refractivity contribution in [1.82, 2.24) is 0 Å². The van der Waals surface area contributed by atoms with Gasteiger partial charge in [0.2, 0.25) is 0 Å². The van der Waals surface area contributed by atoms with Crippen molar-refractivity contribution in [2.75, 3.05) is 0 Å². The van der Waals surface area contributed by atoms with Gasteiger partial charge in [-0.25, -0.2) is 0 Å². The van der Waals surface area contributed by atoms with Crippen LogP contribution in [0, 0.1) is 5.92 Å². The second kappa shape index (κ2) is 6.05. The van der Waals surface area contributed by atoms with Crippen molar-refractivity contribution < 1.29 is 24.2 Å². The molecule has 0 bridgehead atoms. The molecule has 0 radical (unpaired) electrons. The van der Waals surface area contributed by atoms with Crippen LogP contribution in [0.2, 0.25) is 0 Å². The summed E-state index contributed by atoms with van der Waals surface area (Å²) in [5, 5.41) is 0. The molecule has 0 fully saturated rings. The summed E-state index contributed by atoms with van der Waals surface area (Å²) in [6, 6.07) is 17.7. The van der Waals surface area contributed by atoms with Crippen molar-refractivity contribution in [3.63, 3.8) is 0 Å². The van der Waals surface area contributed by atoms with Crippen molar-refractivity contribution >= 4 is 15.9 Å². The molecule has 2 aliphatic rings. The van der Waals surface area contributed by atoms with Gasteiger partial charge in [-0.3, -0.25) is 0 Å². The minimum atomic E-state index is 0.536. The van der Waals surface area contributed by atoms with Gasteiger partial charge in [0.05, 0.1) is 0 Å². The zero-order chi connectivity index (χ0) is 14.9. The van der Waals surface area contributed by atoms with Gasteiger partial charge in [0, 0.05) is 0 Å². The van der Waals surface area contributed by atoms with Gasteiger partial charge < -0.3 is 0 Å². The Hall–Kier alpha value is -1.33. The third kappa shape index (κ3) is 2.36. The number of benzene rings is 2. The third-order valence-corrected chi connectivity index (χ3v) is 5.57. The molecule has 4 rings (SSSR count). The Morgan fingerprint density at radius 2 is 1.32 bits per heavy atom. The van der Waals surface area contributed by atoms with E-state index in [0.29, 0.717) is 17.8 Å². The van der Waals surface area contributed by atoms with Crippen LogP contribution in [0.15, 0.2) is 60.7 Å². The summed E-state index contributed by atoms with van der Waals surface area (Å²) in [6.07, 6.45) is 10.6. The fourth-order valence-electron chi connectivity index (χ4n) is 3.95. The fraction of sp³-hybridized carbons (Fsp3) is 0.190. The van der Waals surface area contributed by atoms with Gasteiger partial charge in [-0.1, -0.05) is 0 Å². The molecule has 0 spiro atoms. The molecule has 0 aromatic heterocycles. The van der Waals surface area contributed by atoms with E-state index in [1.807, 2.05) is 0 Å². The van der Waals surface area contributed by atoms with Crippen LogP contribution in [0.25, 0.3) is 12.2 Å². The monoisotopic (exact) mass is 360 g/mol. The zero-order valence-corrected chi connectivity index (χ0v) is 14.9. The average molecular weight is 362 g/mol. The van der Waals surface area contributed by atoms with Gasteiger partial charge in [0.1, 0.15) is 0 Å². The Bertz CT molecular complexity index is 707. The van der Waals surface area contributed by atoms with Gasteiger partial charge >= 0.3 is 147 Å². The normalized spacial score (nSPS) is 22.3. The average Bonchev–Trinajstić information content (AvgIpc) is 3.17. The molecule has 2 aromatic carbocycles.